The molecule has 1 saturated heterocycles. The van der Waals surface area contributed by atoms with Crippen LogP contribution in [0.4, 0.5) is 0 Å². The third-order valence-electron chi connectivity index (χ3n) is 5.42. The molecule has 10 heteroatoms. The molecule has 1 N–H and O–H groups in total. The second-order valence-electron chi connectivity index (χ2n) is 7.66. The summed E-state index contributed by atoms with van der Waals surface area (Å²) >= 11 is 0. The van der Waals surface area contributed by atoms with Gasteiger partial charge in [-0.25, -0.2) is 0 Å². The number of nitrogens with zero attached hydrogens (tertiary/aromatic N) is 3. The number of sulfonamides is 1. The molecule has 1 fully saturated rings. The first-order valence-corrected chi connectivity index (χ1v) is 11.6. The molecule has 0 spiro atoms. The molecular formula is C21H26N4O5S. The molecule has 2 aliphatic heterocycles. The van der Waals surface area contributed by atoms with Gasteiger partial charge in [-0.1, -0.05) is 12.1 Å². The maximum atomic E-state index is 12.7. The molecule has 0 saturated carbocycles. The van der Waals surface area contributed by atoms with Gasteiger partial charge < -0.3 is 19.4 Å². The number of benzene rings is 1. The van der Waals surface area contributed by atoms with Crippen molar-refractivity contribution in [1.29, 1.82) is 0 Å². The fraction of sp³-hybridized carbons (Fsp3) is 0.429. The standard InChI is InChI=1S/C21H26N4O5S/c1-15-7-8-18(30-15)17(25-9-11-29-12-10-25)13-22-20(26)14-24(2)21-16-5-3-4-6-19(16)31(27,28)23-21/h3-8,17H,9-14H2,1-2H3,(H,22,26). The third-order valence-corrected chi connectivity index (χ3v) is 6.75. The Morgan fingerprint density at radius 2 is 1.97 bits per heavy atom. The highest BCUT2D eigenvalue weighted by Gasteiger charge is 2.31. The van der Waals surface area contributed by atoms with Crippen molar-refractivity contribution in [3.63, 3.8) is 0 Å². The van der Waals surface area contributed by atoms with Crippen LogP contribution in [-0.2, 0) is 19.6 Å². The maximum Gasteiger partial charge on any atom is 0.285 e. The molecule has 1 aromatic heterocycles. The summed E-state index contributed by atoms with van der Waals surface area (Å²) < 4.78 is 39.7. The van der Waals surface area contributed by atoms with Crippen molar-refractivity contribution >= 4 is 21.8 Å². The molecule has 0 aliphatic carbocycles. The van der Waals surface area contributed by atoms with Gasteiger partial charge in [-0.05, 0) is 31.2 Å². The Morgan fingerprint density at radius 3 is 2.68 bits per heavy atom. The summed E-state index contributed by atoms with van der Waals surface area (Å²) in [6.45, 7) is 5.04. The number of rotatable bonds is 6. The number of morpholine rings is 1. The van der Waals surface area contributed by atoms with Gasteiger partial charge in [0.15, 0.2) is 5.84 Å². The lowest BCUT2D eigenvalue weighted by Gasteiger charge is -2.33. The molecule has 0 bridgehead atoms. The Hall–Kier alpha value is -2.69. The molecule has 1 atom stereocenters. The fourth-order valence-corrected chi connectivity index (χ4v) is 5.10. The van der Waals surface area contributed by atoms with Gasteiger partial charge in [-0.3, -0.25) is 9.69 Å². The van der Waals surface area contributed by atoms with Gasteiger partial charge in [0.05, 0.1) is 25.8 Å². The first-order valence-electron chi connectivity index (χ1n) is 10.2. The molecule has 0 radical (unpaired) electrons. The molecule has 1 amide bonds. The quantitative estimate of drug-likeness (QED) is 0.710. The molecule has 9 nitrogen and oxygen atoms in total. The summed E-state index contributed by atoms with van der Waals surface area (Å²) in [5.74, 6) is 1.66. The monoisotopic (exact) mass is 446 g/mol. The lowest BCUT2D eigenvalue weighted by Crippen LogP contribution is -2.45. The van der Waals surface area contributed by atoms with E-state index in [0.29, 0.717) is 25.3 Å². The second-order valence-corrected chi connectivity index (χ2v) is 9.23. The zero-order chi connectivity index (χ0) is 22.0. The van der Waals surface area contributed by atoms with Crippen LogP contribution in [0.5, 0.6) is 0 Å². The van der Waals surface area contributed by atoms with E-state index in [1.807, 2.05) is 19.1 Å². The lowest BCUT2D eigenvalue weighted by atomic mass is 10.1. The number of ether oxygens (including phenoxy) is 1. The zero-order valence-electron chi connectivity index (χ0n) is 17.6. The third kappa shape index (κ3) is 4.65. The second kappa shape index (κ2) is 8.81. The molecule has 31 heavy (non-hydrogen) atoms. The van der Waals surface area contributed by atoms with E-state index >= 15 is 0 Å². The van der Waals surface area contributed by atoms with E-state index in [9.17, 15) is 13.2 Å². The average Bonchev–Trinajstić information content (AvgIpc) is 3.30. The van der Waals surface area contributed by atoms with Crippen LogP contribution in [-0.4, -0.2) is 76.4 Å². The summed E-state index contributed by atoms with van der Waals surface area (Å²) in [6.07, 6.45) is 0. The van der Waals surface area contributed by atoms with Crippen molar-refractivity contribution in [3.05, 3.63) is 53.5 Å². The molecule has 166 valence electrons. The number of hydrogen-bond donors (Lipinski definition) is 1. The normalized spacial score (nSPS) is 18.8. The van der Waals surface area contributed by atoms with Crippen molar-refractivity contribution in [1.82, 2.24) is 15.1 Å². The van der Waals surface area contributed by atoms with Crippen LogP contribution >= 0.6 is 0 Å². The predicted octanol–water partition coefficient (Wildman–Crippen LogP) is 1.16. The van der Waals surface area contributed by atoms with Crippen molar-refractivity contribution in [2.75, 3.05) is 46.4 Å². The van der Waals surface area contributed by atoms with E-state index < -0.39 is 10.0 Å². The first-order chi connectivity index (χ1) is 14.8. The average molecular weight is 447 g/mol. The van der Waals surface area contributed by atoms with Gasteiger partial charge >= 0.3 is 0 Å². The van der Waals surface area contributed by atoms with E-state index in [0.717, 1.165) is 24.6 Å². The molecule has 2 aliphatic rings. The Labute approximate surface area is 181 Å². The number of aryl methyl sites for hydroxylation is 1. The number of nitrogens with one attached hydrogen (secondary N) is 1. The van der Waals surface area contributed by atoms with Crippen molar-refractivity contribution < 1.29 is 22.4 Å². The van der Waals surface area contributed by atoms with E-state index in [1.54, 1.807) is 30.1 Å². The molecule has 2 aromatic rings. The van der Waals surface area contributed by atoms with Gasteiger partial charge in [0.1, 0.15) is 16.4 Å². The van der Waals surface area contributed by atoms with Crippen LogP contribution in [0.3, 0.4) is 0 Å². The van der Waals surface area contributed by atoms with Gasteiger partial charge in [-0.2, -0.15) is 8.42 Å². The Bertz CT molecular complexity index is 1090. The summed E-state index contributed by atoms with van der Waals surface area (Å²) in [5.41, 5.74) is 0.509. The maximum absolute atomic E-state index is 12.7. The highest BCUT2D eigenvalue weighted by atomic mass is 32.2. The molecule has 1 unspecified atom stereocenters. The van der Waals surface area contributed by atoms with Crippen LogP contribution < -0.4 is 5.32 Å². The van der Waals surface area contributed by atoms with Gasteiger partial charge in [0.25, 0.3) is 10.0 Å². The highest BCUT2D eigenvalue weighted by molar-refractivity contribution is 7.90. The Balaban J connectivity index is 1.42. The van der Waals surface area contributed by atoms with Gasteiger partial charge in [-0.15, -0.1) is 4.40 Å². The first kappa shape index (κ1) is 21.5. The molecule has 1 aromatic carbocycles. The fourth-order valence-electron chi connectivity index (χ4n) is 3.85. The minimum absolute atomic E-state index is 0.0182. The number of amidine groups is 1. The van der Waals surface area contributed by atoms with E-state index in [4.69, 9.17) is 9.15 Å². The van der Waals surface area contributed by atoms with Crippen molar-refractivity contribution in [2.24, 2.45) is 4.40 Å². The number of carbonyl (C=O) groups excluding carboxylic acids is 1. The van der Waals surface area contributed by atoms with Gasteiger partial charge in [0.2, 0.25) is 5.91 Å². The van der Waals surface area contributed by atoms with E-state index in [1.165, 1.54) is 6.07 Å². The largest absolute Gasteiger partial charge is 0.465 e. The lowest BCUT2D eigenvalue weighted by molar-refractivity contribution is -0.121. The highest BCUT2D eigenvalue weighted by Crippen LogP contribution is 2.27. The van der Waals surface area contributed by atoms with E-state index in [2.05, 4.69) is 14.6 Å². The summed E-state index contributed by atoms with van der Waals surface area (Å²) in [4.78, 5) is 16.6. The number of furan rings is 1. The van der Waals surface area contributed by atoms with Crippen molar-refractivity contribution in [3.8, 4) is 0 Å². The SMILES string of the molecule is Cc1ccc(C(CNC(=O)CN(C)C2=NS(=O)(=O)c3ccccc32)N2CCOCC2)o1. The summed E-state index contributed by atoms with van der Waals surface area (Å²) in [6, 6.07) is 10.4. The number of carbonyl (C=O) groups is 1. The van der Waals surface area contributed by atoms with E-state index in [-0.39, 0.29) is 29.2 Å². The minimum atomic E-state index is -3.73. The number of likely N-dealkylation sites (N-methyl/N-ethyl adjacent to an activating group) is 1. The summed E-state index contributed by atoms with van der Waals surface area (Å²) in [7, 11) is -2.07. The summed E-state index contributed by atoms with van der Waals surface area (Å²) in [5, 5.41) is 2.96. The van der Waals surface area contributed by atoms with Crippen LogP contribution in [0, 0.1) is 6.92 Å². The Kier molecular flexibility index (Phi) is 6.12. The molecule has 3 heterocycles. The Morgan fingerprint density at radius 1 is 1.23 bits per heavy atom. The number of amides is 1. The predicted molar refractivity (Wildman–Crippen MR) is 114 cm³/mol. The molecule has 4 rings (SSSR count). The van der Waals surface area contributed by atoms with Crippen LogP contribution in [0.25, 0.3) is 0 Å². The van der Waals surface area contributed by atoms with Crippen LogP contribution in [0.2, 0.25) is 0 Å². The van der Waals surface area contributed by atoms with Crippen LogP contribution in [0.15, 0.2) is 50.1 Å². The zero-order valence-corrected chi connectivity index (χ0v) is 18.4. The van der Waals surface area contributed by atoms with Crippen LogP contribution in [0.1, 0.15) is 23.1 Å². The van der Waals surface area contributed by atoms with Crippen molar-refractivity contribution in [2.45, 2.75) is 17.9 Å². The molecular weight excluding hydrogens is 420 g/mol. The number of fused-ring (bicyclic) bond motifs is 1. The topological polar surface area (TPSA) is 104 Å². The smallest absolute Gasteiger partial charge is 0.285 e. The minimum Gasteiger partial charge on any atom is -0.465 e. The van der Waals surface area contributed by atoms with Gasteiger partial charge in [0, 0.05) is 32.2 Å². The number of hydrogen-bond acceptors (Lipinski definition) is 7.